The Kier molecular flexibility index (Phi) is 4.40. The number of nitrogens with one attached hydrogen (secondary N) is 1. The first kappa shape index (κ1) is 12.8. The number of hydrogen-bond acceptors (Lipinski definition) is 3. The number of nitrogens with zero attached hydrogens (tertiary/aromatic N) is 1. The van der Waals surface area contributed by atoms with Gasteiger partial charge in [-0.25, -0.2) is 0 Å². The molecule has 1 heterocycles. The molecule has 1 saturated heterocycles. The Morgan fingerprint density at radius 1 is 1.47 bits per heavy atom. The normalized spacial score (nSPS) is 27.1. The zero-order valence-electron chi connectivity index (χ0n) is 10.8. The van der Waals surface area contributed by atoms with Gasteiger partial charge in [0.05, 0.1) is 0 Å². The van der Waals surface area contributed by atoms with Gasteiger partial charge in [-0.15, -0.1) is 0 Å². The van der Waals surface area contributed by atoms with Crippen LogP contribution in [0.5, 0.6) is 0 Å². The minimum absolute atomic E-state index is 0.160. The lowest BCUT2D eigenvalue weighted by atomic mass is 10.1. The van der Waals surface area contributed by atoms with Gasteiger partial charge in [0.2, 0.25) is 5.91 Å². The first-order valence-corrected chi connectivity index (χ1v) is 6.90. The molecule has 2 rings (SSSR count). The van der Waals surface area contributed by atoms with Crippen LogP contribution in [0.3, 0.4) is 0 Å². The number of rotatable bonds is 6. The number of nitrogens with two attached hydrogens (primary N) is 1. The quantitative estimate of drug-likeness (QED) is 0.712. The van der Waals surface area contributed by atoms with Gasteiger partial charge in [0.1, 0.15) is 0 Å². The van der Waals surface area contributed by atoms with E-state index in [4.69, 9.17) is 5.73 Å². The minimum Gasteiger partial charge on any atom is -0.356 e. The molecule has 2 fully saturated rings. The van der Waals surface area contributed by atoms with Crippen molar-refractivity contribution in [1.29, 1.82) is 0 Å². The van der Waals surface area contributed by atoms with Crippen molar-refractivity contribution in [2.75, 3.05) is 26.2 Å². The molecule has 98 valence electrons. The van der Waals surface area contributed by atoms with Crippen LogP contribution in [0.1, 0.15) is 32.6 Å². The smallest absolute Gasteiger partial charge is 0.220 e. The Hall–Kier alpha value is -0.610. The highest BCUT2D eigenvalue weighted by Gasteiger charge is 2.34. The van der Waals surface area contributed by atoms with Crippen LogP contribution < -0.4 is 11.1 Å². The van der Waals surface area contributed by atoms with Crippen LogP contribution in [-0.4, -0.2) is 43.0 Å². The van der Waals surface area contributed by atoms with Crippen molar-refractivity contribution in [2.45, 2.75) is 38.6 Å². The summed E-state index contributed by atoms with van der Waals surface area (Å²) in [5.74, 6) is 1.11. The predicted molar refractivity (Wildman–Crippen MR) is 68.5 cm³/mol. The van der Waals surface area contributed by atoms with E-state index in [1.807, 2.05) is 6.92 Å². The van der Waals surface area contributed by atoms with Gasteiger partial charge in [0.25, 0.3) is 0 Å². The van der Waals surface area contributed by atoms with Crippen molar-refractivity contribution >= 4 is 5.91 Å². The number of amides is 1. The molecule has 0 aromatic carbocycles. The fourth-order valence-electron chi connectivity index (χ4n) is 2.53. The summed E-state index contributed by atoms with van der Waals surface area (Å²) in [5, 5.41) is 3.05. The van der Waals surface area contributed by atoms with Crippen LogP contribution >= 0.6 is 0 Å². The average Bonchev–Trinajstić information content (AvgIpc) is 3.06. The molecule has 2 aliphatic rings. The maximum atomic E-state index is 11.6. The van der Waals surface area contributed by atoms with E-state index in [0.29, 0.717) is 24.8 Å². The second kappa shape index (κ2) is 5.83. The molecule has 0 bridgehead atoms. The summed E-state index contributed by atoms with van der Waals surface area (Å²) in [5.41, 5.74) is 5.51. The van der Waals surface area contributed by atoms with Gasteiger partial charge in [-0.1, -0.05) is 6.92 Å². The summed E-state index contributed by atoms with van der Waals surface area (Å²) >= 11 is 0. The molecule has 4 heteroatoms. The summed E-state index contributed by atoms with van der Waals surface area (Å²) in [6, 6.07) is 0.868. The van der Waals surface area contributed by atoms with Crippen molar-refractivity contribution in [2.24, 2.45) is 17.6 Å². The number of likely N-dealkylation sites (tertiary alicyclic amines) is 1. The predicted octanol–water partition coefficient (Wildman–Crippen LogP) is 0.572. The molecule has 0 aromatic heterocycles. The Morgan fingerprint density at radius 3 is 2.88 bits per heavy atom. The molecule has 0 aromatic rings. The molecular weight excluding hydrogens is 214 g/mol. The Bertz CT molecular complexity index is 265. The van der Waals surface area contributed by atoms with Gasteiger partial charge in [0, 0.05) is 25.6 Å². The zero-order chi connectivity index (χ0) is 12.3. The summed E-state index contributed by atoms with van der Waals surface area (Å²) < 4.78 is 0. The SMILES string of the molecule is CC(CN)CC(=O)NCC1CCN(C2CC2)C1. The van der Waals surface area contributed by atoms with E-state index in [2.05, 4.69) is 10.2 Å². The number of carbonyl (C=O) groups is 1. The third-order valence-corrected chi connectivity index (χ3v) is 3.90. The number of hydrogen-bond donors (Lipinski definition) is 2. The van der Waals surface area contributed by atoms with Gasteiger partial charge >= 0.3 is 0 Å². The molecule has 1 amide bonds. The minimum atomic E-state index is 0.160. The van der Waals surface area contributed by atoms with E-state index < -0.39 is 0 Å². The average molecular weight is 239 g/mol. The van der Waals surface area contributed by atoms with Crippen LogP contribution in [0, 0.1) is 11.8 Å². The van der Waals surface area contributed by atoms with Crippen LogP contribution in [0.15, 0.2) is 0 Å². The Labute approximate surface area is 104 Å². The summed E-state index contributed by atoms with van der Waals surface area (Å²) in [6.45, 7) is 5.86. The lowest BCUT2D eigenvalue weighted by Gasteiger charge is -2.15. The van der Waals surface area contributed by atoms with Gasteiger partial charge in [0.15, 0.2) is 0 Å². The van der Waals surface area contributed by atoms with E-state index in [1.165, 1.54) is 32.4 Å². The Balaban J connectivity index is 1.60. The first-order valence-electron chi connectivity index (χ1n) is 6.90. The van der Waals surface area contributed by atoms with E-state index in [1.54, 1.807) is 0 Å². The lowest BCUT2D eigenvalue weighted by molar-refractivity contribution is -0.122. The second-order valence-corrected chi connectivity index (χ2v) is 5.73. The van der Waals surface area contributed by atoms with Crippen LogP contribution in [0.25, 0.3) is 0 Å². The molecule has 1 saturated carbocycles. The zero-order valence-corrected chi connectivity index (χ0v) is 10.8. The van der Waals surface area contributed by atoms with Crippen molar-refractivity contribution in [1.82, 2.24) is 10.2 Å². The highest BCUT2D eigenvalue weighted by atomic mass is 16.1. The second-order valence-electron chi connectivity index (χ2n) is 5.73. The maximum absolute atomic E-state index is 11.6. The van der Waals surface area contributed by atoms with Gasteiger partial charge < -0.3 is 16.0 Å². The standard InChI is InChI=1S/C13H25N3O/c1-10(7-14)6-13(17)15-8-11-4-5-16(9-11)12-2-3-12/h10-12H,2-9,14H2,1H3,(H,15,17). The van der Waals surface area contributed by atoms with Crippen LogP contribution in [-0.2, 0) is 4.79 Å². The summed E-state index contributed by atoms with van der Waals surface area (Å²) in [7, 11) is 0. The molecule has 17 heavy (non-hydrogen) atoms. The summed E-state index contributed by atoms with van der Waals surface area (Å²) in [4.78, 5) is 14.2. The van der Waals surface area contributed by atoms with Crippen LogP contribution in [0.4, 0.5) is 0 Å². The number of carbonyl (C=O) groups excluding carboxylic acids is 1. The van der Waals surface area contributed by atoms with E-state index in [0.717, 1.165) is 12.6 Å². The van der Waals surface area contributed by atoms with Gasteiger partial charge in [-0.2, -0.15) is 0 Å². The van der Waals surface area contributed by atoms with Crippen molar-refractivity contribution in [3.8, 4) is 0 Å². The van der Waals surface area contributed by atoms with Crippen molar-refractivity contribution in [3.05, 3.63) is 0 Å². The molecule has 3 N–H and O–H groups in total. The maximum Gasteiger partial charge on any atom is 0.220 e. The van der Waals surface area contributed by atoms with Gasteiger partial charge in [-0.05, 0) is 44.2 Å². The van der Waals surface area contributed by atoms with Crippen molar-refractivity contribution < 1.29 is 4.79 Å². The van der Waals surface area contributed by atoms with E-state index in [9.17, 15) is 4.79 Å². The summed E-state index contributed by atoms with van der Waals surface area (Å²) in [6.07, 6.45) is 4.57. The fourth-order valence-corrected chi connectivity index (χ4v) is 2.53. The topological polar surface area (TPSA) is 58.4 Å². The highest BCUT2D eigenvalue weighted by molar-refractivity contribution is 5.76. The highest BCUT2D eigenvalue weighted by Crippen LogP contribution is 2.31. The van der Waals surface area contributed by atoms with Crippen LogP contribution in [0.2, 0.25) is 0 Å². The molecule has 2 atom stereocenters. The molecular formula is C13H25N3O. The monoisotopic (exact) mass is 239 g/mol. The first-order chi connectivity index (χ1) is 8.19. The third kappa shape index (κ3) is 3.96. The van der Waals surface area contributed by atoms with E-state index >= 15 is 0 Å². The molecule has 0 spiro atoms. The Morgan fingerprint density at radius 2 is 2.24 bits per heavy atom. The van der Waals surface area contributed by atoms with E-state index in [-0.39, 0.29) is 5.91 Å². The van der Waals surface area contributed by atoms with Gasteiger partial charge in [-0.3, -0.25) is 4.79 Å². The molecule has 4 nitrogen and oxygen atoms in total. The fraction of sp³-hybridized carbons (Fsp3) is 0.923. The molecule has 0 radical (unpaired) electrons. The largest absolute Gasteiger partial charge is 0.356 e. The molecule has 2 unspecified atom stereocenters. The molecule has 1 aliphatic carbocycles. The lowest BCUT2D eigenvalue weighted by Crippen LogP contribution is -2.33. The van der Waals surface area contributed by atoms with Crippen molar-refractivity contribution in [3.63, 3.8) is 0 Å². The third-order valence-electron chi connectivity index (χ3n) is 3.90. The molecule has 1 aliphatic heterocycles.